The van der Waals surface area contributed by atoms with E-state index < -0.39 is 5.97 Å². The number of hydrogen-bond acceptors (Lipinski definition) is 4. The van der Waals surface area contributed by atoms with E-state index in [0.717, 1.165) is 16.7 Å². The van der Waals surface area contributed by atoms with Crippen molar-refractivity contribution in [2.75, 3.05) is 0 Å². The fraction of sp³-hybridized carbons (Fsp3) is 0.0667. The second-order valence-corrected chi connectivity index (χ2v) is 4.67. The SMILES string of the molecule is Cc1ccccc1-c1cc(C(=O)O)cc(-c2nnn[nH]2)c1. The number of carboxylic acid groups (broad SMARTS) is 1. The number of carboxylic acids is 1. The second-order valence-electron chi connectivity index (χ2n) is 4.67. The van der Waals surface area contributed by atoms with Crippen LogP contribution in [0, 0.1) is 6.92 Å². The summed E-state index contributed by atoms with van der Waals surface area (Å²) in [6, 6.07) is 12.9. The van der Waals surface area contributed by atoms with Crippen molar-refractivity contribution in [3.8, 4) is 22.5 Å². The zero-order chi connectivity index (χ0) is 14.8. The van der Waals surface area contributed by atoms with Crippen molar-refractivity contribution in [2.24, 2.45) is 0 Å². The molecule has 0 fully saturated rings. The van der Waals surface area contributed by atoms with Gasteiger partial charge in [-0.3, -0.25) is 0 Å². The van der Waals surface area contributed by atoms with E-state index in [9.17, 15) is 9.90 Å². The zero-order valence-corrected chi connectivity index (χ0v) is 11.2. The molecule has 6 nitrogen and oxygen atoms in total. The molecule has 1 aromatic heterocycles. The molecule has 104 valence electrons. The van der Waals surface area contributed by atoms with Gasteiger partial charge < -0.3 is 5.11 Å². The normalized spacial score (nSPS) is 10.5. The molecular formula is C15H12N4O2. The van der Waals surface area contributed by atoms with Crippen LogP contribution in [0.4, 0.5) is 0 Å². The summed E-state index contributed by atoms with van der Waals surface area (Å²) in [4.78, 5) is 11.3. The highest BCUT2D eigenvalue weighted by Gasteiger charge is 2.12. The van der Waals surface area contributed by atoms with Crippen LogP contribution >= 0.6 is 0 Å². The molecule has 0 saturated carbocycles. The predicted octanol–water partition coefficient (Wildman–Crippen LogP) is 2.54. The van der Waals surface area contributed by atoms with Crippen molar-refractivity contribution in [3.05, 3.63) is 53.6 Å². The summed E-state index contributed by atoms with van der Waals surface area (Å²) < 4.78 is 0. The molecular weight excluding hydrogens is 268 g/mol. The Hall–Kier alpha value is -3.02. The van der Waals surface area contributed by atoms with Gasteiger partial charge >= 0.3 is 5.97 Å². The summed E-state index contributed by atoms with van der Waals surface area (Å²) in [5.41, 5.74) is 3.70. The van der Waals surface area contributed by atoms with E-state index in [1.165, 1.54) is 0 Å². The Morgan fingerprint density at radius 2 is 1.90 bits per heavy atom. The molecule has 0 amide bonds. The van der Waals surface area contributed by atoms with Gasteiger partial charge in [0.15, 0.2) is 5.82 Å². The van der Waals surface area contributed by atoms with Crippen LogP contribution in [0.2, 0.25) is 0 Å². The number of aromatic carboxylic acids is 1. The number of aromatic nitrogens is 4. The van der Waals surface area contributed by atoms with Gasteiger partial charge in [-0.2, -0.15) is 0 Å². The lowest BCUT2D eigenvalue weighted by Crippen LogP contribution is -1.98. The lowest BCUT2D eigenvalue weighted by Gasteiger charge is -2.09. The van der Waals surface area contributed by atoms with Gasteiger partial charge in [0.2, 0.25) is 0 Å². The van der Waals surface area contributed by atoms with Crippen LogP contribution in [0.15, 0.2) is 42.5 Å². The second kappa shape index (κ2) is 5.16. The van der Waals surface area contributed by atoms with Crippen molar-refractivity contribution >= 4 is 5.97 Å². The van der Waals surface area contributed by atoms with Crippen LogP contribution < -0.4 is 0 Å². The largest absolute Gasteiger partial charge is 0.478 e. The van der Waals surface area contributed by atoms with Gasteiger partial charge in [-0.05, 0) is 52.2 Å². The van der Waals surface area contributed by atoms with Gasteiger partial charge in [0.1, 0.15) is 0 Å². The molecule has 0 saturated heterocycles. The zero-order valence-electron chi connectivity index (χ0n) is 11.2. The maximum atomic E-state index is 11.3. The number of benzene rings is 2. The van der Waals surface area contributed by atoms with Crippen molar-refractivity contribution in [3.63, 3.8) is 0 Å². The van der Waals surface area contributed by atoms with Crippen LogP contribution in [0.1, 0.15) is 15.9 Å². The minimum Gasteiger partial charge on any atom is -0.478 e. The third-order valence-electron chi connectivity index (χ3n) is 3.25. The highest BCUT2D eigenvalue weighted by Crippen LogP contribution is 2.28. The first-order valence-electron chi connectivity index (χ1n) is 6.33. The molecule has 2 N–H and O–H groups in total. The predicted molar refractivity (Wildman–Crippen MR) is 76.7 cm³/mol. The first kappa shape index (κ1) is 13.0. The minimum atomic E-state index is -0.987. The molecule has 0 unspecified atom stereocenters. The summed E-state index contributed by atoms with van der Waals surface area (Å²) in [5.74, 6) is -0.549. The van der Waals surface area contributed by atoms with Gasteiger partial charge in [0.25, 0.3) is 0 Å². The highest BCUT2D eigenvalue weighted by molar-refractivity contribution is 5.91. The minimum absolute atomic E-state index is 0.196. The van der Waals surface area contributed by atoms with E-state index in [4.69, 9.17) is 0 Å². The lowest BCUT2D eigenvalue weighted by atomic mass is 9.96. The maximum absolute atomic E-state index is 11.3. The summed E-state index contributed by atoms with van der Waals surface area (Å²) in [5, 5.41) is 22.8. The van der Waals surface area contributed by atoms with E-state index in [2.05, 4.69) is 20.6 Å². The van der Waals surface area contributed by atoms with Crippen molar-refractivity contribution in [2.45, 2.75) is 6.92 Å². The Balaban J connectivity index is 2.21. The Morgan fingerprint density at radius 3 is 2.57 bits per heavy atom. The Labute approximate surface area is 120 Å². The molecule has 3 rings (SSSR count). The van der Waals surface area contributed by atoms with Crippen molar-refractivity contribution in [1.29, 1.82) is 0 Å². The first-order valence-corrected chi connectivity index (χ1v) is 6.33. The van der Waals surface area contributed by atoms with Crippen LogP contribution in [-0.4, -0.2) is 31.7 Å². The van der Waals surface area contributed by atoms with Crippen molar-refractivity contribution < 1.29 is 9.90 Å². The number of nitrogens with one attached hydrogen (secondary N) is 1. The summed E-state index contributed by atoms with van der Waals surface area (Å²) in [7, 11) is 0. The monoisotopic (exact) mass is 280 g/mol. The van der Waals surface area contributed by atoms with E-state index in [-0.39, 0.29) is 5.56 Å². The molecule has 0 radical (unpaired) electrons. The molecule has 6 heteroatoms. The van der Waals surface area contributed by atoms with E-state index in [0.29, 0.717) is 11.4 Å². The Morgan fingerprint density at radius 1 is 1.14 bits per heavy atom. The number of aryl methyl sites for hydroxylation is 1. The van der Waals surface area contributed by atoms with Crippen LogP contribution in [-0.2, 0) is 0 Å². The van der Waals surface area contributed by atoms with Crippen LogP contribution in [0.25, 0.3) is 22.5 Å². The van der Waals surface area contributed by atoms with E-state index in [1.54, 1.807) is 12.1 Å². The van der Waals surface area contributed by atoms with Gasteiger partial charge in [-0.1, -0.05) is 24.3 Å². The number of H-pyrrole nitrogens is 1. The standard InChI is InChI=1S/C15H12N4O2/c1-9-4-2-3-5-13(9)10-6-11(14-16-18-19-17-14)8-12(7-10)15(20)21/h2-8H,1H3,(H,20,21)(H,16,17,18,19). The molecule has 2 aromatic carbocycles. The smallest absolute Gasteiger partial charge is 0.335 e. The first-order chi connectivity index (χ1) is 10.1. The average molecular weight is 280 g/mol. The molecule has 21 heavy (non-hydrogen) atoms. The molecule has 3 aromatic rings. The number of rotatable bonds is 3. The van der Waals surface area contributed by atoms with Crippen LogP contribution in [0.3, 0.4) is 0 Å². The third-order valence-corrected chi connectivity index (χ3v) is 3.25. The molecule has 0 aliphatic carbocycles. The molecule has 0 spiro atoms. The summed E-state index contributed by atoms with van der Waals surface area (Å²) in [6.07, 6.45) is 0. The number of aromatic amines is 1. The van der Waals surface area contributed by atoms with Gasteiger partial charge in [-0.15, -0.1) is 5.10 Å². The van der Waals surface area contributed by atoms with Gasteiger partial charge in [0, 0.05) is 5.56 Å². The summed E-state index contributed by atoms with van der Waals surface area (Å²) in [6.45, 7) is 1.98. The number of nitrogens with zero attached hydrogens (tertiary/aromatic N) is 3. The highest BCUT2D eigenvalue weighted by atomic mass is 16.4. The Bertz CT molecular complexity index is 797. The molecule has 0 aliphatic rings. The Kier molecular flexibility index (Phi) is 3.19. The fourth-order valence-corrected chi connectivity index (χ4v) is 2.22. The maximum Gasteiger partial charge on any atom is 0.335 e. The van der Waals surface area contributed by atoms with Gasteiger partial charge in [0.05, 0.1) is 5.56 Å². The van der Waals surface area contributed by atoms with Crippen LogP contribution in [0.5, 0.6) is 0 Å². The van der Waals surface area contributed by atoms with E-state index >= 15 is 0 Å². The molecule has 0 aliphatic heterocycles. The average Bonchev–Trinajstić information content (AvgIpc) is 3.01. The number of carbonyl (C=O) groups is 1. The molecule has 0 bridgehead atoms. The summed E-state index contributed by atoms with van der Waals surface area (Å²) >= 11 is 0. The number of tetrazole rings is 1. The molecule has 0 atom stereocenters. The topological polar surface area (TPSA) is 91.8 Å². The number of hydrogen-bond donors (Lipinski definition) is 2. The lowest BCUT2D eigenvalue weighted by molar-refractivity contribution is 0.0697. The van der Waals surface area contributed by atoms with Gasteiger partial charge in [-0.25, -0.2) is 9.89 Å². The van der Waals surface area contributed by atoms with Crippen molar-refractivity contribution in [1.82, 2.24) is 20.6 Å². The van der Waals surface area contributed by atoms with E-state index in [1.807, 2.05) is 37.3 Å². The fourth-order valence-electron chi connectivity index (χ4n) is 2.22. The quantitative estimate of drug-likeness (QED) is 0.769. The third kappa shape index (κ3) is 2.51. The molecule has 1 heterocycles.